The van der Waals surface area contributed by atoms with Gasteiger partial charge < -0.3 is 5.32 Å². The van der Waals surface area contributed by atoms with Gasteiger partial charge in [-0.25, -0.2) is 4.39 Å². The van der Waals surface area contributed by atoms with E-state index in [0.29, 0.717) is 5.56 Å². The van der Waals surface area contributed by atoms with E-state index >= 15 is 0 Å². The van der Waals surface area contributed by atoms with E-state index in [4.69, 9.17) is 0 Å². The van der Waals surface area contributed by atoms with Crippen molar-refractivity contribution in [1.82, 2.24) is 4.98 Å². The number of hydrogen-bond acceptors (Lipinski definition) is 2. The lowest BCUT2D eigenvalue weighted by molar-refractivity contribution is 0.611. The van der Waals surface area contributed by atoms with Crippen LogP contribution in [0.2, 0.25) is 0 Å². The number of halogens is 1. The minimum atomic E-state index is -0.264. The van der Waals surface area contributed by atoms with Gasteiger partial charge in [0.2, 0.25) is 0 Å². The summed E-state index contributed by atoms with van der Waals surface area (Å²) in [7, 11) is 1.76. The SMILES string of the molecule is CNc1c(C)ncc(F)c1C. The molecule has 2 nitrogen and oxygen atoms in total. The first-order valence-electron chi connectivity index (χ1n) is 3.46. The summed E-state index contributed by atoms with van der Waals surface area (Å²) < 4.78 is 12.8. The molecule has 0 aliphatic rings. The molecule has 0 aliphatic heterocycles. The molecule has 11 heavy (non-hydrogen) atoms. The Bertz CT molecular complexity index is 271. The van der Waals surface area contributed by atoms with Crippen LogP contribution in [0.25, 0.3) is 0 Å². The number of aryl methyl sites for hydroxylation is 1. The number of nitrogens with one attached hydrogen (secondary N) is 1. The molecule has 1 aromatic heterocycles. The van der Waals surface area contributed by atoms with Crippen LogP contribution in [0.3, 0.4) is 0 Å². The molecule has 0 spiro atoms. The molecule has 0 atom stereocenters. The molecule has 0 saturated heterocycles. The molecule has 1 rings (SSSR count). The van der Waals surface area contributed by atoms with E-state index in [1.165, 1.54) is 6.20 Å². The first kappa shape index (κ1) is 7.98. The third-order valence-electron chi connectivity index (χ3n) is 1.72. The van der Waals surface area contributed by atoms with Crippen molar-refractivity contribution in [2.45, 2.75) is 13.8 Å². The number of pyridine rings is 1. The second-order valence-electron chi connectivity index (χ2n) is 2.44. The molecule has 0 unspecified atom stereocenters. The molecule has 0 radical (unpaired) electrons. The Hall–Kier alpha value is -1.12. The molecule has 0 bridgehead atoms. The van der Waals surface area contributed by atoms with E-state index < -0.39 is 0 Å². The van der Waals surface area contributed by atoms with Crippen LogP contribution < -0.4 is 5.32 Å². The maximum atomic E-state index is 12.8. The van der Waals surface area contributed by atoms with Gasteiger partial charge in [-0.05, 0) is 13.8 Å². The van der Waals surface area contributed by atoms with Gasteiger partial charge in [0, 0.05) is 12.6 Å². The summed E-state index contributed by atoms with van der Waals surface area (Å²) >= 11 is 0. The zero-order valence-corrected chi connectivity index (χ0v) is 6.90. The van der Waals surface area contributed by atoms with Crippen molar-refractivity contribution < 1.29 is 4.39 Å². The fourth-order valence-corrected chi connectivity index (χ4v) is 1.07. The Labute approximate surface area is 65.5 Å². The lowest BCUT2D eigenvalue weighted by Crippen LogP contribution is -1.99. The van der Waals surface area contributed by atoms with Crippen LogP contribution in [0.5, 0.6) is 0 Å². The van der Waals surface area contributed by atoms with Gasteiger partial charge in [0.05, 0.1) is 17.6 Å². The molecule has 1 heterocycles. The monoisotopic (exact) mass is 154 g/mol. The van der Waals surface area contributed by atoms with E-state index in [2.05, 4.69) is 10.3 Å². The fraction of sp³-hybridized carbons (Fsp3) is 0.375. The first-order chi connectivity index (χ1) is 5.16. The Morgan fingerprint density at radius 1 is 1.45 bits per heavy atom. The summed E-state index contributed by atoms with van der Waals surface area (Å²) in [6.07, 6.45) is 1.24. The smallest absolute Gasteiger partial charge is 0.146 e. The highest BCUT2D eigenvalue weighted by Gasteiger charge is 2.05. The van der Waals surface area contributed by atoms with E-state index in [1.54, 1.807) is 14.0 Å². The lowest BCUT2D eigenvalue weighted by atomic mass is 10.2. The van der Waals surface area contributed by atoms with Gasteiger partial charge in [0.15, 0.2) is 0 Å². The van der Waals surface area contributed by atoms with Gasteiger partial charge in [-0.3, -0.25) is 4.98 Å². The van der Waals surface area contributed by atoms with Crippen LogP contribution in [0.15, 0.2) is 6.20 Å². The average molecular weight is 154 g/mol. The molecule has 1 aromatic rings. The van der Waals surface area contributed by atoms with Crippen LogP contribution in [0, 0.1) is 19.7 Å². The van der Waals surface area contributed by atoms with Crippen molar-refractivity contribution in [3.05, 3.63) is 23.3 Å². The van der Waals surface area contributed by atoms with Gasteiger partial charge >= 0.3 is 0 Å². The molecular formula is C8H11FN2. The van der Waals surface area contributed by atoms with E-state index in [1.807, 2.05) is 6.92 Å². The molecule has 60 valence electrons. The topological polar surface area (TPSA) is 24.9 Å². The van der Waals surface area contributed by atoms with Gasteiger partial charge in [0.25, 0.3) is 0 Å². The maximum absolute atomic E-state index is 12.8. The zero-order chi connectivity index (χ0) is 8.43. The van der Waals surface area contributed by atoms with E-state index in [-0.39, 0.29) is 5.82 Å². The second-order valence-corrected chi connectivity index (χ2v) is 2.44. The summed E-state index contributed by atoms with van der Waals surface area (Å²) in [5, 5.41) is 2.90. The lowest BCUT2D eigenvalue weighted by Gasteiger charge is -2.07. The summed E-state index contributed by atoms with van der Waals surface area (Å²) in [6.45, 7) is 3.58. The first-order valence-corrected chi connectivity index (χ1v) is 3.46. The van der Waals surface area contributed by atoms with Crippen molar-refractivity contribution in [2.24, 2.45) is 0 Å². The summed E-state index contributed by atoms with van der Waals surface area (Å²) in [6, 6.07) is 0. The Morgan fingerprint density at radius 2 is 2.09 bits per heavy atom. The number of nitrogens with zero attached hydrogens (tertiary/aromatic N) is 1. The Morgan fingerprint density at radius 3 is 2.55 bits per heavy atom. The third kappa shape index (κ3) is 1.31. The van der Waals surface area contributed by atoms with Crippen LogP contribution in [0.1, 0.15) is 11.3 Å². The highest BCUT2D eigenvalue weighted by Crippen LogP contribution is 2.19. The molecule has 0 fully saturated rings. The van der Waals surface area contributed by atoms with Crippen molar-refractivity contribution in [3.63, 3.8) is 0 Å². The predicted octanol–water partition coefficient (Wildman–Crippen LogP) is 1.88. The Kier molecular flexibility index (Phi) is 2.08. The molecule has 0 saturated carbocycles. The molecule has 3 heteroatoms. The van der Waals surface area contributed by atoms with Crippen LogP contribution in [0.4, 0.5) is 10.1 Å². The molecule has 0 amide bonds. The standard InChI is InChI=1S/C8H11FN2/c1-5-7(9)4-11-6(2)8(5)10-3/h4,10H,1-3H3. The van der Waals surface area contributed by atoms with Crippen molar-refractivity contribution in [2.75, 3.05) is 12.4 Å². The van der Waals surface area contributed by atoms with Crippen LogP contribution >= 0.6 is 0 Å². The molecular weight excluding hydrogens is 143 g/mol. The fourth-order valence-electron chi connectivity index (χ4n) is 1.07. The number of rotatable bonds is 1. The van der Waals surface area contributed by atoms with Gasteiger partial charge in [-0.1, -0.05) is 0 Å². The molecule has 0 aliphatic carbocycles. The largest absolute Gasteiger partial charge is 0.386 e. The van der Waals surface area contributed by atoms with Gasteiger partial charge in [-0.15, -0.1) is 0 Å². The predicted molar refractivity (Wildman–Crippen MR) is 43.2 cm³/mol. The normalized spacial score (nSPS) is 9.82. The van der Waals surface area contributed by atoms with Crippen LogP contribution in [-0.4, -0.2) is 12.0 Å². The third-order valence-corrected chi connectivity index (χ3v) is 1.72. The number of hydrogen-bond donors (Lipinski definition) is 1. The summed E-state index contributed by atoms with van der Waals surface area (Å²) in [5.74, 6) is -0.264. The van der Waals surface area contributed by atoms with E-state index in [0.717, 1.165) is 11.4 Å². The minimum Gasteiger partial charge on any atom is -0.386 e. The van der Waals surface area contributed by atoms with E-state index in [9.17, 15) is 4.39 Å². The van der Waals surface area contributed by atoms with Crippen LogP contribution in [-0.2, 0) is 0 Å². The highest BCUT2D eigenvalue weighted by molar-refractivity contribution is 5.53. The van der Waals surface area contributed by atoms with Gasteiger partial charge in [-0.2, -0.15) is 0 Å². The summed E-state index contributed by atoms with van der Waals surface area (Å²) in [4.78, 5) is 3.87. The summed E-state index contributed by atoms with van der Waals surface area (Å²) in [5.41, 5.74) is 2.23. The molecule has 0 aromatic carbocycles. The average Bonchev–Trinajstić information content (AvgIpc) is 1.99. The van der Waals surface area contributed by atoms with Crippen molar-refractivity contribution in [3.8, 4) is 0 Å². The zero-order valence-electron chi connectivity index (χ0n) is 6.90. The van der Waals surface area contributed by atoms with Crippen molar-refractivity contribution in [1.29, 1.82) is 0 Å². The minimum absolute atomic E-state index is 0.264. The maximum Gasteiger partial charge on any atom is 0.146 e. The Balaban J connectivity index is 3.29. The van der Waals surface area contributed by atoms with Gasteiger partial charge in [0.1, 0.15) is 5.82 Å². The quantitative estimate of drug-likeness (QED) is 0.668. The number of aromatic nitrogens is 1. The highest BCUT2D eigenvalue weighted by atomic mass is 19.1. The number of anilines is 1. The second kappa shape index (κ2) is 2.86. The van der Waals surface area contributed by atoms with Crippen molar-refractivity contribution >= 4 is 5.69 Å². The molecule has 1 N–H and O–H groups in total.